The van der Waals surface area contributed by atoms with E-state index in [0.29, 0.717) is 4.48 Å². The molecule has 0 aliphatic carbocycles. The Kier molecular flexibility index (Phi) is 15.2. The van der Waals surface area contributed by atoms with Crippen LogP contribution < -0.4 is 34.3 Å². The molecule has 0 N–H and O–H groups in total. The first-order chi connectivity index (χ1) is 13.6. The fraction of sp³-hybridized carbons (Fsp3) is 0.682. The molecule has 0 spiro atoms. The van der Waals surface area contributed by atoms with Gasteiger partial charge in [-0.25, -0.2) is 13.2 Å². The molecule has 1 aromatic carbocycles. The number of ether oxygens (including phenoxy) is 1. The molecular weight excluding hydrogens is 413 g/mol. The minimum absolute atomic E-state index is 0. The number of quaternary nitrogens is 1. The van der Waals surface area contributed by atoms with Gasteiger partial charge in [0, 0.05) is 0 Å². The van der Waals surface area contributed by atoms with Gasteiger partial charge in [-0.1, -0.05) is 58.3 Å². The summed E-state index contributed by atoms with van der Waals surface area (Å²) in [6, 6.07) is 4.94. The van der Waals surface area contributed by atoms with Gasteiger partial charge in [0.05, 0.1) is 25.5 Å². The molecule has 0 heterocycles. The number of hydrogen-bond acceptors (Lipinski definition) is 5. The third-order valence-corrected chi connectivity index (χ3v) is 5.87. The van der Waals surface area contributed by atoms with Crippen LogP contribution in [-0.4, -0.2) is 50.6 Å². The molecule has 0 aromatic heterocycles. The average Bonchev–Trinajstić information content (AvgIpc) is 2.62. The van der Waals surface area contributed by atoms with E-state index < -0.39 is 10.1 Å². The Labute approximate surface area is 205 Å². The Morgan fingerprint density at radius 3 is 1.83 bits per heavy atom. The first kappa shape index (κ1) is 29.6. The van der Waals surface area contributed by atoms with E-state index in [0.717, 1.165) is 25.1 Å². The Balaban J connectivity index is 0.00000841. The smallest absolute Gasteiger partial charge is 0.744 e. The van der Waals surface area contributed by atoms with Crippen LogP contribution in [0.4, 0.5) is 0 Å². The van der Waals surface area contributed by atoms with Gasteiger partial charge in [0.25, 0.3) is 0 Å². The van der Waals surface area contributed by atoms with Crippen molar-refractivity contribution >= 4 is 16.1 Å². The van der Waals surface area contributed by atoms with Crippen molar-refractivity contribution in [2.24, 2.45) is 0 Å². The number of carbonyl (C=O) groups is 1. The summed E-state index contributed by atoms with van der Waals surface area (Å²) >= 11 is 0. The summed E-state index contributed by atoms with van der Waals surface area (Å²) in [7, 11) is -0.491. The van der Waals surface area contributed by atoms with Crippen molar-refractivity contribution in [3.05, 3.63) is 24.3 Å². The van der Waals surface area contributed by atoms with Gasteiger partial charge in [-0.05, 0) is 37.1 Å². The number of hydrogen-bond donors (Lipinski definition) is 0. The van der Waals surface area contributed by atoms with E-state index >= 15 is 0 Å². The molecule has 0 radical (unpaired) electrons. The van der Waals surface area contributed by atoms with Crippen molar-refractivity contribution in [1.82, 2.24) is 0 Å². The van der Waals surface area contributed by atoms with Crippen LogP contribution in [0.3, 0.4) is 0 Å². The van der Waals surface area contributed by atoms with E-state index in [1.54, 1.807) is 0 Å². The number of nitrogens with zero attached hydrogens (tertiary/aromatic N) is 1. The Bertz CT molecular complexity index is 705. The van der Waals surface area contributed by atoms with Gasteiger partial charge in [0.15, 0.2) is 6.54 Å². The van der Waals surface area contributed by atoms with Gasteiger partial charge < -0.3 is 13.8 Å². The molecule has 0 fully saturated rings. The molecule has 0 aliphatic heterocycles. The molecule has 0 aliphatic rings. The van der Waals surface area contributed by atoms with Crippen LogP contribution in [0.1, 0.15) is 71.1 Å². The fourth-order valence-electron chi connectivity index (χ4n) is 3.29. The maximum Gasteiger partial charge on any atom is 1.00 e. The molecule has 166 valence electrons. The summed E-state index contributed by atoms with van der Waals surface area (Å²) in [6.07, 6.45) is 12.8. The van der Waals surface area contributed by atoms with Crippen LogP contribution in [0.5, 0.6) is 5.75 Å². The maximum absolute atomic E-state index is 12.2. The molecule has 0 unspecified atom stereocenters. The summed E-state index contributed by atoms with van der Waals surface area (Å²) in [4.78, 5) is 11.8. The minimum atomic E-state index is -4.49. The Morgan fingerprint density at radius 1 is 0.900 bits per heavy atom. The molecule has 0 saturated carbocycles. The molecule has 0 saturated heterocycles. The van der Waals surface area contributed by atoms with Gasteiger partial charge in [0.2, 0.25) is 0 Å². The zero-order chi connectivity index (χ0) is 21.8. The second kappa shape index (κ2) is 15.4. The van der Waals surface area contributed by atoms with Crippen molar-refractivity contribution in [2.75, 3.05) is 27.2 Å². The molecule has 8 heteroatoms. The predicted octanol–water partition coefficient (Wildman–Crippen LogP) is 1.50. The largest absolute Gasteiger partial charge is 1.00 e. The van der Waals surface area contributed by atoms with Gasteiger partial charge in [-0.3, -0.25) is 0 Å². The van der Waals surface area contributed by atoms with E-state index in [1.807, 2.05) is 14.1 Å². The first-order valence-corrected chi connectivity index (χ1v) is 12.1. The first-order valence-electron chi connectivity index (χ1n) is 10.7. The number of benzene rings is 1. The van der Waals surface area contributed by atoms with Crippen molar-refractivity contribution in [2.45, 2.75) is 76.0 Å². The third kappa shape index (κ3) is 13.8. The molecule has 0 atom stereocenters. The second-order valence-electron chi connectivity index (χ2n) is 8.40. The number of esters is 1. The molecule has 0 bridgehead atoms. The van der Waals surface area contributed by atoms with E-state index in [4.69, 9.17) is 4.74 Å². The summed E-state index contributed by atoms with van der Waals surface area (Å²) in [6.45, 7) is 3.37. The standard InChI is InChI=1S/C22H37NO5S.Na/c1-4-5-6-7-8-9-10-11-12-13-18-23(2,3)19-22(24)28-20-14-16-21(17-15-20)29(25,26)27;/h14-17H,4-13,18-19H2,1-3H3;/q;+1. The van der Waals surface area contributed by atoms with Crippen molar-refractivity contribution in [1.29, 1.82) is 0 Å². The van der Waals surface area contributed by atoms with Gasteiger partial charge in [-0.15, -0.1) is 0 Å². The van der Waals surface area contributed by atoms with Crippen LogP contribution in [-0.2, 0) is 14.9 Å². The quantitative estimate of drug-likeness (QED) is 0.101. The van der Waals surface area contributed by atoms with E-state index in [1.165, 1.54) is 69.9 Å². The molecule has 1 aromatic rings. The monoisotopic (exact) mass is 450 g/mol. The van der Waals surface area contributed by atoms with Crippen LogP contribution in [0, 0.1) is 0 Å². The second-order valence-corrected chi connectivity index (χ2v) is 9.78. The van der Waals surface area contributed by atoms with Crippen molar-refractivity contribution in [3.63, 3.8) is 0 Å². The number of likely N-dealkylation sites (N-methyl/N-ethyl adjacent to an activating group) is 1. The molecule has 6 nitrogen and oxygen atoms in total. The summed E-state index contributed by atoms with van der Waals surface area (Å²) in [5, 5.41) is 0. The predicted molar refractivity (Wildman–Crippen MR) is 114 cm³/mol. The van der Waals surface area contributed by atoms with Crippen molar-refractivity contribution in [3.8, 4) is 5.75 Å². The SMILES string of the molecule is CCCCCCCCCCCC[N+](C)(C)CC(=O)Oc1ccc(S(=O)(=O)[O-])cc1.[Na+]. The normalized spacial score (nSPS) is 11.7. The van der Waals surface area contributed by atoms with Gasteiger partial charge in [0.1, 0.15) is 15.9 Å². The summed E-state index contributed by atoms with van der Waals surface area (Å²) in [5.74, 6) is -0.138. The van der Waals surface area contributed by atoms with E-state index in [9.17, 15) is 17.8 Å². The minimum Gasteiger partial charge on any atom is -0.744 e. The Hall–Kier alpha value is -0.440. The average molecular weight is 451 g/mol. The van der Waals surface area contributed by atoms with E-state index in [-0.39, 0.29) is 52.7 Å². The van der Waals surface area contributed by atoms with Gasteiger partial charge >= 0.3 is 35.5 Å². The topological polar surface area (TPSA) is 83.5 Å². The number of rotatable bonds is 15. The van der Waals surface area contributed by atoms with E-state index in [2.05, 4.69) is 6.92 Å². The zero-order valence-corrected chi connectivity index (χ0v) is 22.0. The molecule has 1 rings (SSSR count). The Morgan fingerprint density at radius 2 is 1.37 bits per heavy atom. The van der Waals surface area contributed by atoms with Crippen LogP contribution >= 0.6 is 0 Å². The summed E-state index contributed by atoms with van der Waals surface area (Å²) < 4.78 is 38.6. The zero-order valence-electron chi connectivity index (χ0n) is 19.2. The number of carbonyl (C=O) groups excluding carboxylic acids is 1. The van der Waals surface area contributed by atoms with Crippen LogP contribution in [0.2, 0.25) is 0 Å². The van der Waals surface area contributed by atoms with Crippen LogP contribution in [0.25, 0.3) is 0 Å². The molecular formula is C22H37NNaO5S+. The number of unbranched alkanes of at least 4 members (excludes halogenated alkanes) is 9. The van der Waals surface area contributed by atoms with Crippen LogP contribution in [0.15, 0.2) is 29.2 Å². The van der Waals surface area contributed by atoms with Gasteiger partial charge in [-0.2, -0.15) is 0 Å². The summed E-state index contributed by atoms with van der Waals surface area (Å²) in [5.41, 5.74) is 0. The maximum atomic E-state index is 12.2. The van der Waals surface area contributed by atoms with Crippen molar-refractivity contribution < 1.29 is 56.5 Å². The third-order valence-electron chi connectivity index (χ3n) is 5.02. The molecule has 0 amide bonds. The fourth-order valence-corrected chi connectivity index (χ4v) is 3.76. The molecule has 30 heavy (non-hydrogen) atoms.